The van der Waals surface area contributed by atoms with Crippen molar-refractivity contribution in [3.8, 4) is 5.69 Å². The summed E-state index contributed by atoms with van der Waals surface area (Å²) in [5.41, 5.74) is 1.27. The number of piperazine rings is 1. The first kappa shape index (κ1) is 18.2. The number of nitrogens with zero attached hydrogens (tertiary/aromatic N) is 4. The van der Waals surface area contributed by atoms with E-state index in [0.29, 0.717) is 5.69 Å². The third kappa shape index (κ3) is 4.21. The maximum atomic E-state index is 13.2. The van der Waals surface area contributed by atoms with Gasteiger partial charge in [0.25, 0.3) is 5.91 Å². The van der Waals surface area contributed by atoms with Crippen molar-refractivity contribution >= 4 is 5.91 Å². The molecule has 5 nitrogen and oxygen atoms in total. The largest absolute Gasteiger partial charge is 0.335 e. The van der Waals surface area contributed by atoms with E-state index in [9.17, 15) is 9.18 Å². The standard InChI is InChI=1S/C21H27FN4O/c22-18-6-8-19(9-7-18)26-16-23-14-20(26)21(27)25-12-10-24(11-13-25)15-17-4-2-1-3-5-17/h6-9,14,16-17H,1-5,10-13,15H2. The molecule has 0 radical (unpaired) electrons. The first-order valence-electron chi connectivity index (χ1n) is 10.0. The van der Waals surface area contributed by atoms with E-state index in [1.54, 1.807) is 29.2 Å². The van der Waals surface area contributed by atoms with Crippen molar-refractivity contribution in [3.63, 3.8) is 0 Å². The van der Waals surface area contributed by atoms with E-state index in [4.69, 9.17) is 0 Å². The highest BCUT2D eigenvalue weighted by atomic mass is 19.1. The van der Waals surface area contributed by atoms with Crippen LogP contribution in [0.25, 0.3) is 5.69 Å². The molecule has 0 N–H and O–H groups in total. The highest BCUT2D eigenvalue weighted by Gasteiger charge is 2.26. The van der Waals surface area contributed by atoms with Crippen molar-refractivity contribution in [2.24, 2.45) is 5.92 Å². The van der Waals surface area contributed by atoms with Gasteiger partial charge in [0.05, 0.1) is 12.5 Å². The third-order valence-electron chi connectivity index (χ3n) is 5.86. The summed E-state index contributed by atoms with van der Waals surface area (Å²) in [7, 11) is 0. The van der Waals surface area contributed by atoms with Crippen molar-refractivity contribution in [1.29, 1.82) is 0 Å². The molecule has 144 valence electrons. The summed E-state index contributed by atoms with van der Waals surface area (Å²) in [5, 5.41) is 0. The summed E-state index contributed by atoms with van der Waals surface area (Å²) in [6.07, 6.45) is 10.1. The molecule has 2 fully saturated rings. The predicted octanol–water partition coefficient (Wildman–Crippen LogP) is 3.35. The van der Waals surface area contributed by atoms with Crippen LogP contribution < -0.4 is 0 Å². The summed E-state index contributed by atoms with van der Waals surface area (Å²) < 4.78 is 14.9. The molecule has 27 heavy (non-hydrogen) atoms. The van der Waals surface area contributed by atoms with E-state index in [1.807, 2.05) is 4.90 Å². The second kappa shape index (κ2) is 8.21. The van der Waals surface area contributed by atoms with Gasteiger partial charge >= 0.3 is 0 Å². The van der Waals surface area contributed by atoms with Gasteiger partial charge in [-0.1, -0.05) is 19.3 Å². The summed E-state index contributed by atoms with van der Waals surface area (Å²) in [5.74, 6) is 0.538. The lowest BCUT2D eigenvalue weighted by Crippen LogP contribution is -2.50. The van der Waals surface area contributed by atoms with Gasteiger partial charge in [-0.05, 0) is 43.0 Å². The molecule has 0 unspecified atom stereocenters. The van der Waals surface area contributed by atoms with Crippen LogP contribution in [0.1, 0.15) is 42.6 Å². The fourth-order valence-electron chi connectivity index (χ4n) is 4.29. The van der Waals surface area contributed by atoms with Gasteiger partial charge in [0.15, 0.2) is 0 Å². The maximum absolute atomic E-state index is 13.2. The number of rotatable bonds is 4. The highest BCUT2D eigenvalue weighted by Crippen LogP contribution is 2.25. The third-order valence-corrected chi connectivity index (χ3v) is 5.86. The first-order chi connectivity index (χ1) is 13.2. The Morgan fingerprint density at radius 3 is 2.44 bits per heavy atom. The van der Waals surface area contributed by atoms with E-state index in [-0.39, 0.29) is 11.7 Å². The zero-order chi connectivity index (χ0) is 18.6. The van der Waals surface area contributed by atoms with Gasteiger partial charge < -0.3 is 4.90 Å². The average Bonchev–Trinajstić information content (AvgIpc) is 3.19. The normalized spacial score (nSPS) is 19.4. The van der Waals surface area contributed by atoms with E-state index >= 15 is 0 Å². The molecule has 1 saturated carbocycles. The monoisotopic (exact) mass is 370 g/mol. The van der Waals surface area contributed by atoms with Crippen molar-refractivity contribution in [3.05, 3.63) is 48.3 Å². The topological polar surface area (TPSA) is 41.4 Å². The Kier molecular flexibility index (Phi) is 5.53. The predicted molar refractivity (Wildman–Crippen MR) is 102 cm³/mol. The molecule has 1 aliphatic heterocycles. The lowest BCUT2D eigenvalue weighted by atomic mass is 9.89. The average molecular weight is 370 g/mol. The van der Waals surface area contributed by atoms with Crippen molar-refractivity contribution in [2.75, 3.05) is 32.7 Å². The van der Waals surface area contributed by atoms with Gasteiger partial charge in [-0.25, -0.2) is 9.37 Å². The summed E-state index contributed by atoms with van der Waals surface area (Å²) in [6.45, 7) is 4.55. The molecule has 4 rings (SSSR count). The second-order valence-electron chi connectivity index (χ2n) is 7.72. The molecule has 1 saturated heterocycles. The Morgan fingerprint density at radius 2 is 1.74 bits per heavy atom. The van der Waals surface area contributed by atoms with E-state index in [2.05, 4.69) is 9.88 Å². The van der Waals surface area contributed by atoms with Crippen molar-refractivity contribution < 1.29 is 9.18 Å². The first-order valence-corrected chi connectivity index (χ1v) is 10.0. The van der Waals surface area contributed by atoms with Gasteiger partial charge in [0, 0.05) is 38.4 Å². The van der Waals surface area contributed by atoms with Gasteiger partial charge in [0.1, 0.15) is 11.5 Å². The fourth-order valence-corrected chi connectivity index (χ4v) is 4.29. The quantitative estimate of drug-likeness (QED) is 0.829. The fraction of sp³-hybridized carbons (Fsp3) is 0.524. The molecule has 0 bridgehead atoms. The van der Waals surface area contributed by atoms with Gasteiger partial charge in [-0.3, -0.25) is 14.3 Å². The Morgan fingerprint density at radius 1 is 1.04 bits per heavy atom. The highest BCUT2D eigenvalue weighted by molar-refractivity contribution is 5.93. The number of amides is 1. The zero-order valence-corrected chi connectivity index (χ0v) is 15.7. The minimum atomic E-state index is -0.291. The second-order valence-corrected chi connectivity index (χ2v) is 7.72. The minimum absolute atomic E-state index is 0.00542. The van der Waals surface area contributed by atoms with E-state index in [1.165, 1.54) is 50.8 Å². The van der Waals surface area contributed by atoms with Crippen molar-refractivity contribution in [2.45, 2.75) is 32.1 Å². The number of aromatic nitrogens is 2. The SMILES string of the molecule is O=C(c1cncn1-c1ccc(F)cc1)N1CCN(CC2CCCCC2)CC1. The Balaban J connectivity index is 1.37. The van der Waals surface area contributed by atoms with Gasteiger partial charge in [0.2, 0.25) is 0 Å². The number of imidazole rings is 1. The van der Waals surface area contributed by atoms with Crippen LogP contribution in [-0.2, 0) is 0 Å². The number of benzene rings is 1. The van der Waals surface area contributed by atoms with Gasteiger partial charge in [-0.2, -0.15) is 0 Å². The number of halogens is 1. The smallest absolute Gasteiger partial charge is 0.272 e. The van der Waals surface area contributed by atoms with Crippen LogP contribution >= 0.6 is 0 Å². The van der Waals surface area contributed by atoms with Crippen LogP contribution in [0.5, 0.6) is 0 Å². The molecule has 2 aliphatic rings. The number of hydrogen-bond donors (Lipinski definition) is 0. The molecule has 1 aromatic heterocycles. The zero-order valence-electron chi connectivity index (χ0n) is 15.7. The van der Waals surface area contributed by atoms with Crippen molar-refractivity contribution in [1.82, 2.24) is 19.4 Å². The molecular weight excluding hydrogens is 343 g/mol. The van der Waals surface area contributed by atoms with E-state index in [0.717, 1.165) is 37.8 Å². The number of carbonyl (C=O) groups is 1. The minimum Gasteiger partial charge on any atom is -0.335 e. The summed E-state index contributed by atoms with van der Waals surface area (Å²) >= 11 is 0. The van der Waals surface area contributed by atoms with Gasteiger partial charge in [-0.15, -0.1) is 0 Å². The van der Waals surface area contributed by atoms with Crippen LogP contribution in [0.3, 0.4) is 0 Å². The van der Waals surface area contributed by atoms with E-state index < -0.39 is 0 Å². The molecule has 1 aromatic carbocycles. The molecule has 0 atom stereocenters. The lowest BCUT2D eigenvalue weighted by Gasteiger charge is -2.37. The molecule has 0 spiro atoms. The number of carbonyl (C=O) groups excluding carboxylic acids is 1. The molecule has 1 aliphatic carbocycles. The van der Waals surface area contributed by atoms with Crippen LogP contribution in [0.15, 0.2) is 36.8 Å². The lowest BCUT2D eigenvalue weighted by molar-refractivity contribution is 0.0598. The molecule has 2 heterocycles. The van der Waals surface area contributed by atoms with Crippen LogP contribution in [0.4, 0.5) is 4.39 Å². The Hall–Kier alpha value is -2.21. The maximum Gasteiger partial charge on any atom is 0.272 e. The molecular formula is C21H27FN4O. The Labute approximate surface area is 159 Å². The Bertz CT molecular complexity index is 759. The summed E-state index contributed by atoms with van der Waals surface area (Å²) in [4.78, 5) is 21.6. The molecule has 6 heteroatoms. The number of hydrogen-bond acceptors (Lipinski definition) is 3. The molecule has 2 aromatic rings. The molecule has 1 amide bonds. The summed E-state index contributed by atoms with van der Waals surface area (Å²) in [6, 6.07) is 6.12. The van der Waals surface area contributed by atoms with Crippen LogP contribution in [-0.4, -0.2) is 58.0 Å². The van der Waals surface area contributed by atoms with Crippen LogP contribution in [0, 0.1) is 11.7 Å². The van der Waals surface area contributed by atoms with Crippen LogP contribution in [0.2, 0.25) is 0 Å².